The molecule has 4 heterocycles. The van der Waals surface area contributed by atoms with Crippen molar-refractivity contribution < 1.29 is 14.1 Å². The first-order valence-corrected chi connectivity index (χ1v) is 10.9. The monoisotopic (exact) mass is 420 g/mol. The number of aryl methyl sites for hydroxylation is 3. The van der Waals surface area contributed by atoms with E-state index in [-0.39, 0.29) is 17.2 Å². The average molecular weight is 421 g/mol. The van der Waals surface area contributed by atoms with Crippen LogP contribution in [-0.4, -0.2) is 57.5 Å². The highest BCUT2D eigenvalue weighted by Gasteiger charge is 2.43. The van der Waals surface area contributed by atoms with E-state index >= 15 is 0 Å². The summed E-state index contributed by atoms with van der Waals surface area (Å²) >= 11 is 0. The molecular formula is C24H28N4O3. The molecule has 2 amide bonds. The Morgan fingerprint density at radius 1 is 1.00 bits per heavy atom. The lowest BCUT2D eigenvalue weighted by molar-refractivity contribution is 0.0564. The lowest BCUT2D eigenvalue weighted by Gasteiger charge is -2.39. The number of likely N-dealkylation sites (tertiary alicyclic amines) is 2. The third-order valence-electron chi connectivity index (χ3n) is 7.21. The highest BCUT2D eigenvalue weighted by atomic mass is 16.5. The second-order valence-electron chi connectivity index (χ2n) is 9.14. The third-order valence-corrected chi connectivity index (χ3v) is 7.21. The van der Waals surface area contributed by atoms with E-state index in [4.69, 9.17) is 4.52 Å². The largest absolute Gasteiger partial charge is 0.361 e. The number of carbonyl (C=O) groups is 2. The Morgan fingerprint density at radius 3 is 2.35 bits per heavy atom. The average Bonchev–Trinajstić information content (AvgIpc) is 3.44. The van der Waals surface area contributed by atoms with E-state index in [1.54, 1.807) is 6.92 Å². The molecule has 2 aliphatic heterocycles. The van der Waals surface area contributed by atoms with Crippen molar-refractivity contribution in [2.45, 2.75) is 33.1 Å². The Labute approximate surface area is 181 Å². The first-order chi connectivity index (χ1) is 14.9. The molecule has 2 aliphatic rings. The van der Waals surface area contributed by atoms with E-state index in [0.29, 0.717) is 30.1 Å². The predicted octanol–water partition coefficient (Wildman–Crippen LogP) is 3.55. The molecule has 1 spiro atoms. The van der Waals surface area contributed by atoms with Crippen LogP contribution in [0.15, 0.2) is 35.0 Å². The number of benzene rings is 1. The van der Waals surface area contributed by atoms with Crippen LogP contribution in [0, 0.1) is 19.3 Å². The maximum Gasteiger partial charge on any atom is 0.259 e. The minimum Gasteiger partial charge on any atom is -0.361 e. The van der Waals surface area contributed by atoms with Crippen molar-refractivity contribution in [1.82, 2.24) is 19.5 Å². The quantitative estimate of drug-likeness (QED) is 0.636. The standard InChI is InChI=1S/C24H28N4O3/c1-16-21(17(2)31-25-16)23(30)27-11-8-24(9-12-27)10-13-28(15-24)22(29)19-14-26(3)20-7-5-4-6-18(19)20/h4-7,14H,8-13,15H2,1-3H3. The van der Waals surface area contributed by atoms with Crippen LogP contribution in [0.2, 0.25) is 0 Å². The van der Waals surface area contributed by atoms with Crippen molar-refractivity contribution >= 4 is 22.7 Å². The Balaban J connectivity index is 1.28. The number of nitrogens with zero attached hydrogens (tertiary/aromatic N) is 4. The van der Waals surface area contributed by atoms with E-state index in [0.717, 1.165) is 48.8 Å². The number of hydrogen-bond donors (Lipinski definition) is 0. The third kappa shape index (κ3) is 3.23. The Kier molecular flexibility index (Phi) is 4.64. The number of rotatable bonds is 2. The minimum absolute atomic E-state index is 0.00721. The Hall–Kier alpha value is -3.09. The zero-order valence-electron chi connectivity index (χ0n) is 18.4. The molecule has 7 nitrogen and oxygen atoms in total. The summed E-state index contributed by atoms with van der Waals surface area (Å²) in [4.78, 5) is 30.2. The molecule has 5 rings (SSSR count). The predicted molar refractivity (Wildman–Crippen MR) is 117 cm³/mol. The molecule has 1 aromatic carbocycles. The fourth-order valence-corrected chi connectivity index (χ4v) is 5.33. The highest BCUT2D eigenvalue weighted by molar-refractivity contribution is 6.07. The first-order valence-electron chi connectivity index (χ1n) is 10.9. The summed E-state index contributed by atoms with van der Waals surface area (Å²) in [6, 6.07) is 8.05. The van der Waals surface area contributed by atoms with Crippen LogP contribution in [0.1, 0.15) is 51.4 Å². The molecule has 3 aromatic rings. The number of hydrogen-bond acceptors (Lipinski definition) is 4. The fraction of sp³-hybridized carbons (Fsp3) is 0.458. The molecular weight excluding hydrogens is 392 g/mol. The van der Waals surface area contributed by atoms with Gasteiger partial charge in [-0.1, -0.05) is 23.4 Å². The van der Waals surface area contributed by atoms with Gasteiger partial charge in [0.15, 0.2) is 0 Å². The number of carbonyl (C=O) groups excluding carboxylic acids is 2. The van der Waals surface area contributed by atoms with Crippen molar-refractivity contribution in [2.75, 3.05) is 26.2 Å². The lowest BCUT2D eigenvalue weighted by Crippen LogP contribution is -2.45. The van der Waals surface area contributed by atoms with Crippen molar-refractivity contribution in [1.29, 1.82) is 0 Å². The van der Waals surface area contributed by atoms with Gasteiger partial charge in [0.05, 0.1) is 11.3 Å². The second-order valence-corrected chi connectivity index (χ2v) is 9.14. The molecule has 0 aliphatic carbocycles. The van der Waals surface area contributed by atoms with E-state index in [9.17, 15) is 9.59 Å². The summed E-state index contributed by atoms with van der Waals surface area (Å²) in [6.45, 7) is 6.55. The molecule has 7 heteroatoms. The van der Waals surface area contributed by atoms with Crippen LogP contribution in [-0.2, 0) is 7.05 Å². The number of aromatic nitrogens is 2. The summed E-state index contributed by atoms with van der Waals surface area (Å²) in [5.74, 6) is 0.700. The number of amides is 2. The molecule has 0 N–H and O–H groups in total. The van der Waals surface area contributed by atoms with Crippen molar-refractivity contribution in [2.24, 2.45) is 12.5 Å². The summed E-state index contributed by atoms with van der Waals surface area (Å²) in [6.07, 6.45) is 4.78. The number of para-hydroxylation sites is 1. The van der Waals surface area contributed by atoms with E-state index in [1.807, 2.05) is 58.8 Å². The molecule has 0 unspecified atom stereocenters. The van der Waals surface area contributed by atoms with Gasteiger partial charge in [-0.15, -0.1) is 0 Å². The summed E-state index contributed by atoms with van der Waals surface area (Å²) in [7, 11) is 1.98. The molecule has 2 fully saturated rings. The number of piperidine rings is 1. The maximum absolute atomic E-state index is 13.3. The number of fused-ring (bicyclic) bond motifs is 1. The Morgan fingerprint density at radius 2 is 1.68 bits per heavy atom. The van der Waals surface area contributed by atoms with E-state index in [2.05, 4.69) is 5.16 Å². The molecule has 162 valence electrons. The zero-order chi connectivity index (χ0) is 21.8. The van der Waals surface area contributed by atoms with Gasteiger partial charge in [-0.3, -0.25) is 9.59 Å². The maximum atomic E-state index is 13.3. The molecule has 0 bridgehead atoms. The van der Waals surface area contributed by atoms with E-state index in [1.165, 1.54) is 0 Å². The van der Waals surface area contributed by atoms with Gasteiger partial charge in [-0.05, 0) is 44.6 Å². The van der Waals surface area contributed by atoms with Crippen LogP contribution in [0.4, 0.5) is 0 Å². The van der Waals surface area contributed by atoms with Gasteiger partial charge in [-0.2, -0.15) is 0 Å². The van der Waals surface area contributed by atoms with Crippen LogP contribution >= 0.6 is 0 Å². The normalized spacial score (nSPS) is 18.3. The van der Waals surface area contributed by atoms with Crippen LogP contribution < -0.4 is 0 Å². The van der Waals surface area contributed by atoms with Crippen molar-refractivity contribution in [3.8, 4) is 0 Å². The van der Waals surface area contributed by atoms with Crippen LogP contribution in [0.5, 0.6) is 0 Å². The van der Waals surface area contributed by atoms with Gasteiger partial charge < -0.3 is 18.9 Å². The molecule has 2 aromatic heterocycles. The van der Waals surface area contributed by atoms with Crippen molar-refractivity contribution in [3.63, 3.8) is 0 Å². The molecule has 31 heavy (non-hydrogen) atoms. The lowest BCUT2D eigenvalue weighted by atomic mass is 9.77. The second kappa shape index (κ2) is 7.25. The summed E-state index contributed by atoms with van der Waals surface area (Å²) in [5, 5.41) is 4.93. The first kappa shape index (κ1) is 19.8. The van der Waals surface area contributed by atoms with Crippen LogP contribution in [0.3, 0.4) is 0 Å². The topological polar surface area (TPSA) is 71.6 Å². The smallest absolute Gasteiger partial charge is 0.259 e. The zero-order valence-corrected chi connectivity index (χ0v) is 18.4. The molecule has 2 saturated heterocycles. The summed E-state index contributed by atoms with van der Waals surface area (Å²) in [5.41, 5.74) is 3.20. The fourth-order valence-electron chi connectivity index (χ4n) is 5.33. The Bertz CT molecular complexity index is 1150. The van der Waals surface area contributed by atoms with Gasteiger partial charge >= 0.3 is 0 Å². The summed E-state index contributed by atoms with van der Waals surface area (Å²) < 4.78 is 7.19. The molecule has 0 atom stereocenters. The molecule has 0 radical (unpaired) electrons. The van der Waals surface area contributed by atoms with Gasteiger partial charge in [-0.25, -0.2) is 0 Å². The SMILES string of the molecule is Cc1noc(C)c1C(=O)N1CCC2(CC1)CCN(C(=O)c1cn(C)c3ccccc13)C2. The van der Waals surface area contributed by atoms with Gasteiger partial charge in [0, 0.05) is 50.3 Å². The van der Waals surface area contributed by atoms with Crippen molar-refractivity contribution in [3.05, 3.63) is 53.0 Å². The molecule has 0 saturated carbocycles. The van der Waals surface area contributed by atoms with E-state index < -0.39 is 0 Å². The van der Waals surface area contributed by atoms with Gasteiger partial charge in [0.1, 0.15) is 11.3 Å². The van der Waals surface area contributed by atoms with Gasteiger partial charge in [0.2, 0.25) is 0 Å². The minimum atomic E-state index is 0.00721. The van der Waals surface area contributed by atoms with Gasteiger partial charge in [0.25, 0.3) is 11.8 Å². The highest BCUT2D eigenvalue weighted by Crippen LogP contribution is 2.41. The van der Waals surface area contributed by atoms with Crippen LogP contribution in [0.25, 0.3) is 10.9 Å².